The van der Waals surface area contributed by atoms with Crippen molar-refractivity contribution in [1.82, 2.24) is 0 Å². The van der Waals surface area contributed by atoms with Crippen LogP contribution in [0.4, 0.5) is 0 Å². The first-order valence-corrected chi connectivity index (χ1v) is 6.02. The molecule has 0 atom stereocenters. The van der Waals surface area contributed by atoms with Crippen molar-refractivity contribution in [3.05, 3.63) is 59.7 Å². The first-order valence-electron chi connectivity index (χ1n) is 6.02. The highest BCUT2D eigenvalue weighted by molar-refractivity contribution is 5.78. The van der Waals surface area contributed by atoms with Crippen molar-refractivity contribution in [3.63, 3.8) is 0 Å². The molecule has 0 spiro atoms. The average Bonchev–Trinajstić information content (AvgIpc) is 2.40. The zero-order valence-electron chi connectivity index (χ0n) is 10.6. The third-order valence-corrected chi connectivity index (χ3v) is 2.79. The fourth-order valence-electron chi connectivity index (χ4n) is 1.85. The van der Waals surface area contributed by atoms with E-state index in [0.717, 1.165) is 28.9 Å². The minimum Gasteiger partial charge on any atom is -0.457 e. The molecule has 0 amide bonds. The van der Waals surface area contributed by atoms with Crippen LogP contribution in [0, 0.1) is 0 Å². The van der Waals surface area contributed by atoms with Gasteiger partial charge >= 0.3 is 0 Å². The van der Waals surface area contributed by atoms with E-state index >= 15 is 0 Å². The van der Waals surface area contributed by atoms with Gasteiger partial charge in [-0.25, -0.2) is 0 Å². The number of carbonyl (C=O) groups excluding carboxylic acids is 1. The van der Waals surface area contributed by atoms with Crippen LogP contribution in [0.25, 0.3) is 0 Å². The van der Waals surface area contributed by atoms with Gasteiger partial charge < -0.3 is 4.74 Å². The summed E-state index contributed by atoms with van der Waals surface area (Å²) >= 11 is 0. The van der Waals surface area contributed by atoms with E-state index in [4.69, 9.17) is 4.74 Å². The highest BCUT2D eigenvalue weighted by atomic mass is 16.5. The number of para-hydroxylation sites is 1. The summed E-state index contributed by atoms with van der Waals surface area (Å²) in [6.45, 7) is 4.13. The molecule has 0 bridgehead atoms. The Morgan fingerprint density at radius 2 is 1.72 bits per heavy atom. The molecular weight excluding hydrogens is 224 g/mol. The lowest BCUT2D eigenvalue weighted by Crippen LogP contribution is -1.96. The normalized spacial score (nSPS) is 10.4. The third kappa shape index (κ3) is 2.77. The second-order valence-electron chi connectivity index (χ2n) is 4.48. The molecule has 0 radical (unpaired) electrons. The zero-order chi connectivity index (χ0) is 13.0. The summed E-state index contributed by atoms with van der Waals surface area (Å²) in [7, 11) is 0. The van der Waals surface area contributed by atoms with Gasteiger partial charge in [-0.3, -0.25) is 4.79 Å². The summed E-state index contributed by atoms with van der Waals surface area (Å²) in [5.74, 6) is 1.85. The fourth-order valence-corrected chi connectivity index (χ4v) is 1.85. The van der Waals surface area contributed by atoms with Crippen molar-refractivity contribution >= 4 is 6.29 Å². The Kier molecular flexibility index (Phi) is 3.78. The molecule has 0 aliphatic carbocycles. The van der Waals surface area contributed by atoms with Crippen LogP contribution in [0.5, 0.6) is 11.5 Å². The van der Waals surface area contributed by atoms with Gasteiger partial charge in [0.2, 0.25) is 0 Å². The molecule has 0 saturated carbocycles. The lowest BCUT2D eigenvalue weighted by Gasteiger charge is -2.12. The van der Waals surface area contributed by atoms with Crippen molar-refractivity contribution < 1.29 is 9.53 Å². The van der Waals surface area contributed by atoms with Gasteiger partial charge in [-0.05, 0) is 41.8 Å². The van der Waals surface area contributed by atoms with Crippen molar-refractivity contribution in [2.45, 2.75) is 19.8 Å². The maximum absolute atomic E-state index is 11.0. The van der Waals surface area contributed by atoms with Crippen LogP contribution in [0.1, 0.15) is 35.7 Å². The second kappa shape index (κ2) is 5.50. The molecular formula is C16H16O2. The minimum absolute atomic E-state index is 0.296. The van der Waals surface area contributed by atoms with Gasteiger partial charge in [-0.15, -0.1) is 0 Å². The summed E-state index contributed by atoms with van der Waals surface area (Å²) in [6, 6.07) is 15.2. The number of benzene rings is 2. The molecule has 0 N–H and O–H groups in total. The van der Waals surface area contributed by atoms with Gasteiger partial charge in [0, 0.05) is 5.56 Å². The van der Waals surface area contributed by atoms with E-state index in [-0.39, 0.29) is 0 Å². The van der Waals surface area contributed by atoms with Gasteiger partial charge in [-0.2, -0.15) is 0 Å². The van der Waals surface area contributed by atoms with Gasteiger partial charge in [0.1, 0.15) is 17.8 Å². The van der Waals surface area contributed by atoms with E-state index in [9.17, 15) is 4.79 Å². The molecule has 2 nitrogen and oxygen atoms in total. The number of aldehydes is 1. The maximum Gasteiger partial charge on any atom is 0.150 e. The van der Waals surface area contributed by atoms with Gasteiger partial charge in [0.05, 0.1) is 0 Å². The molecule has 0 saturated heterocycles. The Morgan fingerprint density at radius 3 is 2.33 bits per heavy atom. The van der Waals surface area contributed by atoms with Crippen LogP contribution in [0.15, 0.2) is 48.5 Å². The molecule has 0 aliphatic rings. The van der Waals surface area contributed by atoms with Crippen LogP contribution in [-0.4, -0.2) is 6.29 Å². The smallest absolute Gasteiger partial charge is 0.150 e. The van der Waals surface area contributed by atoms with E-state index in [1.165, 1.54) is 0 Å². The maximum atomic E-state index is 11.0. The number of hydrogen-bond donors (Lipinski definition) is 0. The van der Waals surface area contributed by atoms with Crippen molar-refractivity contribution in [3.8, 4) is 11.5 Å². The average molecular weight is 240 g/mol. The summed E-state index contributed by atoms with van der Waals surface area (Å²) < 4.78 is 5.75. The van der Waals surface area contributed by atoms with E-state index in [1.807, 2.05) is 42.5 Å². The highest BCUT2D eigenvalue weighted by Crippen LogP contribution is 2.27. The summed E-state index contributed by atoms with van der Waals surface area (Å²) in [5.41, 5.74) is 1.74. The number of carbonyl (C=O) groups is 1. The van der Waals surface area contributed by atoms with Crippen molar-refractivity contribution in [1.29, 1.82) is 0 Å². The minimum atomic E-state index is 0.296. The number of rotatable bonds is 4. The van der Waals surface area contributed by atoms with Crippen LogP contribution in [-0.2, 0) is 0 Å². The molecule has 2 heteroatoms. The number of hydrogen-bond acceptors (Lipinski definition) is 2. The second-order valence-corrected chi connectivity index (χ2v) is 4.48. The molecule has 0 heterocycles. The first kappa shape index (κ1) is 12.4. The molecule has 0 unspecified atom stereocenters. The van der Waals surface area contributed by atoms with Gasteiger partial charge in [0.15, 0.2) is 0 Å². The lowest BCUT2D eigenvalue weighted by molar-refractivity contribution is 0.112. The van der Waals surface area contributed by atoms with Crippen molar-refractivity contribution in [2.75, 3.05) is 0 Å². The predicted octanol–water partition coefficient (Wildman–Crippen LogP) is 4.41. The molecule has 0 aromatic heterocycles. The Bertz CT molecular complexity index is 530. The Morgan fingerprint density at radius 1 is 1.00 bits per heavy atom. The predicted molar refractivity (Wildman–Crippen MR) is 72.4 cm³/mol. The van der Waals surface area contributed by atoms with Crippen LogP contribution >= 0.6 is 0 Å². The topological polar surface area (TPSA) is 26.3 Å². The lowest BCUT2D eigenvalue weighted by atomic mass is 9.98. The van der Waals surface area contributed by atoms with E-state index in [0.29, 0.717) is 5.92 Å². The van der Waals surface area contributed by atoms with Gasteiger partial charge in [-0.1, -0.05) is 32.0 Å². The molecule has 0 aliphatic heterocycles. The molecule has 2 aromatic rings. The Hall–Kier alpha value is -2.09. The summed E-state index contributed by atoms with van der Waals surface area (Å²) in [5, 5.41) is 0. The van der Waals surface area contributed by atoms with Crippen LogP contribution in [0.3, 0.4) is 0 Å². The zero-order valence-corrected chi connectivity index (χ0v) is 10.6. The number of ether oxygens (including phenoxy) is 1. The molecule has 18 heavy (non-hydrogen) atoms. The summed E-state index contributed by atoms with van der Waals surface area (Å²) in [6.07, 6.45) is 0.891. The van der Waals surface area contributed by atoms with E-state index in [1.54, 1.807) is 6.07 Å². The SMILES string of the molecule is CC(C)c1cc(Oc2ccccc2)ccc1C=O. The quantitative estimate of drug-likeness (QED) is 0.740. The summed E-state index contributed by atoms with van der Waals surface area (Å²) in [4.78, 5) is 11.0. The third-order valence-electron chi connectivity index (χ3n) is 2.79. The first-order chi connectivity index (χ1) is 8.70. The fraction of sp³-hybridized carbons (Fsp3) is 0.188. The van der Waals surface area contributed by atoms with E-state index in [2.05, 4.69) is 13.8 Å². The van der Waals surface area contributed by atoms with Crippen LogP contribution < -0.4 is 4.74 Å². The van der Waals surface area contributed by atoms with E-state index < -0.39 is 0 Å². The highest BCUT2D eigenvalue weighted by Gasteiger charge is 2.08. The molecule has 2 aromatic carbocycles. The Labute approximate surface area is 107 Å². The van der Waals surface area contributed by atoms with Crippen LogP contribution in [0.2, 0.25) is 0 Å². The molecule has 2 rings (SSSR count). The largest absolute Gasteiger partial charge is 0.457 e. The standard InChI is InChI=1S/C16H16O2/c1-12(2)16-10-15(9-8-13(16)11-17)18-14-6-4-3-5-7-14/h3-12H,1-2H3. The molecule has 92 valence electrons. The molecule has 0 fully saturated rings. The van der Waals surface area contributed by atoms with Crippen molar-refractivity contribution in [2.24, 2.45) is 0 Å². The monoisotopic (exact) mass is 240 g/mol. The Balaban J connectivity index is 2.30. The van der Waals surface area contributed by atoms with Gasteiger partial charge in [0.25, 0.3) is 0 Å².